The SMILES string of the molecule is CC(C)[C@H](N)C(=O)NCC(=O)NCc1ccc(N2CCCCC2=O)cc1.Cl. The zero-order valence-electron chi connectivity index (χ0n) is 15.9. The standard InChI is InChI=1S/C19H28N4O3.ClH/c1-13(2)18(20)19(26)22-12-16(24)21-11-14-6-8-15(9-7-14)23-10-4-3-5-17(23)25;/h6-9,13,18H,3-5,10-12,20H2,1-2H3,(H,21,24)(H,22,26);1H/t18-;/m0./s1. The predicted molar refractivity (Wildman–Crippen MR) is 108 cm³/mol. The number of halogens is 1. The number of benzene rings is 1. The van der Waals surface area contributed by atoms with Crippen molar-refractivity contribution in [2.75, 3.05) is 18.0 Å². The molecule has 1 atom stereocenters. The van der Waals surface area contributed by atoms with Crippen LogP contribution in [0.4, 0.5) is 5.69 Å². The van der Waals surface area contributed by atoms with Crippen LogP contribution in [0.25, 0.3) is 0 Å². The second-order valence-electron chi connectivity index (χ2n) is 6.93. The number of nitrogens with one attached hydrogen (secondary N) is 2. The number of piperidine rings is 1. The van der Waals surface area contributed by atoms with Crippen LogP contribution in [0.1, 0.15) is 38.7 Å². The summed E-state index contributed by atoms with van der Waals surface area (Å²) >= 11 is 0. The number of rotatable bonds is 7. The van der Waals surface area contributed by atoms with Gasteiger partial charge in [-0.2, -0.15) is 0 Å². The lowest BCUT2D eigenvalue weighted by Crippen LogP contribution is -2.47. The van der Waals surface area contributed by atoms with Gasteiger partial charge >= 0.3 is 0 Å². The van der Waals surface area contributed by atoms with Crippen molar-refractivity contribution in [1.82, 2.24) is 10.6 Å². The molecule has 1 aromatic rings. The highest BCUT2D eigenvalue weighted by molar-refractivity contribution is 5.94. The molecule has 4 N–H and O–H groups in total. The summed E-state index contributed by atoms with van der Waals surface area (Å²) < 4.78 is 0. The van der Waals surface area contributed by atoms with E-state index in [2.05, 4.69) is 10.6 Å². The molecule has 1 aromatic carbocycles. The first-order chi connectivity index (χ1) is 12.4. The molecular formula is C19H29ClN4O3. The number of nitrogens with two attached hydrogens (primary N) is 1. The lowest BCUT2D eigenvalue weighted by Gasteiger charge is -2.26. The van der Waals surface area contributed by atoms with Gasteiger partial charge in [-0.25, -0.2) is 0 Å². The number of carbonyl (C=O) groups excluding carboxylic acids is 3. The monoisotopic (exact) mass is 396 g/mol. The topological polar surface area (TPSA) is 105 Å². The molecule has 0 spiro atoms. The molecule has 3 amide bonds. The number of hydrogen-bond acceptors (Lipinski definition) is 4. The third-order valence-corrected chi connectivity index (χ3v) is 4.51. The minimum atomic E-state index is -0.618. The van der Waals surface area contributed by atoms with Gasteiger partial charge in [-0.3, -0.25) is 14.4 Å². The van der Waals surface area contributed by atoms with E-state index < -0.39 is 6.04 Å². The number of hydrogen-bond donors (Lipinski definition) is 3. The molecule has 0 saturated carbocycles. The van der Waals surface area contributed by atoms with Crippen molar-refractivity contribution in [3.63, 3.8) is 0 Å². The normalized spacial score (nSPS) is 15.1. The molecule has 150 valence electrons. The largest absolute Gasteiger partial charge is 0.350 e. The molecule has 8 heteroatoms. The summed E-state index contributed by atoms with van der Waals surface area (Å²) in [6, 6.07) is 6.96. The molecule has 1 heterocycles. The number of carbonyl (C=O) groups is 3. The van der Waals surface area contributed by atoms with E-state index in [0.29, 0.717) is 13.0 Å². The molecule has 0 radical (unpaired) electrons. The van der Waals surface area contributed by atoms with Crippen molar-refractivity contribution >= 4 is 35.8 Å². The Morgan fingerprint density at radius 1 is 1.15 bits per heavy atom. The fourth-order valence-electron chi connectivity index (χ4n) is 2.72. The molecule has 0 unspecified atom stereocenters. The molecule has 0 aliphatic carbocycles. The van der Waals surface area contributed by atoms with E-state index in [-0.39, 0.29) is 42.6 Å². The van der Waals surface area contributed by atoms with Gasteiger partial charge in [0, 0.05) is 25.2 Å². The molecule has 1 aliphatic heterocycles. The van der Waals surface area contributed by atoms with Crippen molar-refractivity contribution in [1.29, 1.82) is 0 Å². The lowest BCUT2D eigenvalue weighted by atomic mass is 10.1. The van der Waals surface area contributed by atoms with E-state index in [1.807, 2.05) is 38.1 Å². The number of anilines is 1. The Hall–Kier alpha value is -2.12. The maximum atomic E-state index is 11.9. The molecule has 27 heavy (non-hydrogen) atoms. The molecule has 1 aliphatic rings. The van der Waals surface area contributed by atoms with Crippen molar-refractivity contribution in [3.05, 3.63) is 29.8 Å². The van der Waals surface area contributed by atoms with Crippen molar-refractivity contribution in [2.45, 2.75) is 45.7 Å². The molecule has 1 fully saturated rings. The van der Waals surface area contributed by atoms with Crippen LogP contribution >= 0.6 is 12.4 Å². The Balaban J connectivity index is 0.00000364. The lowest BCUT2D eigenvalue weighted by molar-refractivity contribution is -0.127. The zero-order valence-corrected chi connectivity index (χ0v) is 16.7. The van der Waals surface area contributed by atoms with Gasteiger partial charge in [0.2, 0.25) is 17.7 Å². The van der Waals surface area contributed by atoms with Gasteiger partial charge in [-0.15, -0.1) is 12.4 Å². The van der Waals surface area contributed by atoms with E-state index in [0.717, 1.165) is 30.6 Å². The van der Waals surface area contributed by atoms with E-state index in [1.54, 1.807) is 4.90 Å². The van der Waals surface area contributed by atoms with Crippen LogP contribution in [0.5, 0.6) is 0 Å². The summed E-state index contributed by atoms with van der Waals surface area (Å²) in [5, 5.41) is 5.29. The Morgan fingerprint density at radius 3 is 2.41 bits per heavy atom. The first-order valence-electron chi connectivity index (χ1n) is 9.07. The Labute approximate surface area is 166 Å². The smallest absolute Gasteiger partial charge is 0.239 e. The third kappa shape index (κ3) is 6.84. The quantitative estimate of drug-likeness (QED) is 0.646. The fraction of sp³-hybridized carbons (Fsp3) is 0.526. The number of amides is 3. The average Bonchev–Trinajstić information content (AvgIpc) is 2.64. The zero-order chi connectivity index (χ0) is 19.1. The highest BCUT2D eigenvalue weighted by atomic mass is 35.5. The molecule has 7 nitrogen and oxygen atoms in total. The minimum Gasteiger partial charge on any atom is -0.350 e. The molecule has 1 saturated heterocycles. The molecule has 2 rings (SSSR count). The second-order valence-corrected chi connectivity index (χ2v) is 6.93. The van der Waals surface area contributed by atoms with Crippen LogP contribution < -0.4 is 21.3 Å². The van der Waals surface area contributed by atoms with E-state index in [4.69, 9.17) is 5.73 Å². The highest BCUT2D eigenvalue weighted by Crippen LogP contribution is 2.21. The maximum absolute atomic E-state index is 11.9. The summed E-state index contributed by atoms with van der Waals surface area (Å²) in [5.74, 6) is -0.425. The van der Waals surface area contributed by atoms with Crippen LogP contribution in [0, 0.1) is 5.92 Å². The van der Waals surface area contributed by atoms with Crippen LogP contribution in [-0.2, 0) is 20.9 Å². The van der Waals surface area contributed by atoms with Crippen LogP contribution in [0.15, 0.2) is 24.3 Å². The first kappa shape index (κ1) is 22.9. The summed E-state index contributed by atoms with van der Waals surface area (Å²) in [6.45, 7) is 4.72. The Kier molecular flexibility index (Phi) is 9.25. The van der Waals surface area contributed by atoms with Gasteiger partial charge in [-0.05, 0) is 36.5 Å². The Bertz CT molecular complexity index is 649. The summed E-state index contributed by atoms with van der Waals surface area (Å²) in [4.78, 5) is 37.3. The van der Waals surface area contributed by atoms with Gasteiger partial charge in [0.05, 0.1) is 12.6 Å². The maximum Gasteiger partial charge on any atom is 0.239 e. The molecule has 0 bridgehead atoms. The van der Waals surface area contributed by atoms with Gasteiger partial charge in [0.15, 0.2) is 0 Å². The van der Waals surface area contributed by atoms with E-state index in [1.165, 1.54) is 0 Å². The Morgan fingerprint density at radius 2 is 1.81 bits per heavy atom. The van der Waals surface area contributed by atoms with Crippen LogP contribution in [0.3, 0.4) is 0 Å². The van der Waals surface area contributed by atoms with Crippen molar-refractivity contribution < 1.29 is 14.4 Å². The van der Waals surface area contributed by atoms with Gasteiger partial charge in [-0.1, -0.05) is 26.0 Å². The summed E-state index contributed by atoms with van der Waals surface area (Å²) in [5.41, 5.74) is 7.54. The van der Waals surface area contributed by atoms with E-state index in [9.17, 15) is 14.4 Å². The van der Waals surface area contributed by atoms with Gasteiger partial charge in [0.25, 0.3) is 0 Å². The minimum absolute atomic E-state index is 0. The first-order valence-corrected chi connectivity index (χ1v) is 9.07. The average molecular weight is 397 g/mol. The highest BCUT2D eigenvalue weighted by Gasteiger charge is 2.19. The van der Waals surface area contributed by atoms with Gasteiger partial charge < -0.3 is 21.3 Å². The van der Waals surface area contributed by atoms with Crippen LogP contribution in [0.2, 0.25) is 0 Å². The van der Waals surface area contributed by atoms with Crippen molar-refractivity contribution in [3.8, 4) is 0 Å². The summed E-state index contributed by atoms with van der Waals surface area (Å²) in [7, 11) is 0. The third-order valence-electron chi connectivity index (χ3n) is 4.51. The number of nitrogens with zero attached hydrogens (tertiary/aromatic N) is 1. The molecular weight excluding hydrogens is 368 g/mol. The van der Waals surface area contributed by atoms with E-state index >= 15 is 0 Å². The second kappa shape index (κ2) is 10.9. The fourth-order valence-corrected chi connectivity index (χ4v) is 2.72. The molecule has 0 aromatic heterocycles. The van der Waals surface area contributed by atoms with Gasteiger partial charge in [0.1, 0.15) is 0 Å². The van der Waals surface area contributed by atoms with Crippen LogP contribution in [-0.4, -0.2) is 36.9 Å². The predicted octanol–water partition coefficient (Wildman–Crippen LogP) is 1.34. The van der Waals surface area contributed by atoms with Crippen molar-refractivity contribution in [2.24, 2.45) is 11.7 Å². The summed E-state index contributed by atoms with van der Waals surface area (Å²) in [6.07, 6.45) is 2.58.